The van der Waals surface area contributed by atoms with E-state index in [0.717, 1.165) is 5.56 Å². The van der Waals surface area contributed by atoms with Crippen LogP contribution in [0.1, 0.15) is 30.9 Å². The van der Waals surface area contributed by atoms with Crippen LogP contribution < -0.4 is 0 Å². The minimum absolute atomic E-state index is 0.0771. The molecular formula is C14H21NO2. The fourth-order valence-corrected chi connectivity index (χ4v) is 1.80. The predicted octanol–water partition coefficient (Wildman–Crippen LogP) is 2.12. The Morgan fingerprint density at radius 3 is 2.76 bits per heavy atom. The molecule has 1 aromatic rings. The molecule has 0 fully saturated rings. The Kier molecular flexibility index (Phi) is 5.70. The lowest BCUT2D eigenvalue weighted by Crippen LogP contribution is -2.30. The summed E-state index contributed by atoms with van der Waals surface area (Å²) in [6, 6.07) is 8.20. The highest BCUT2D eigenvalue weighted by Crippen LogP contribution is 2.09. The first-order chi connectivity index (χ1) is 8.17. The zero-order valence-corrected chi connectivity index (χ0v) is 10.6. The highest BCUT2D eigenvalue weighted by atomic mass is 16.3. The topological polar surface area (TPSA) is 40.5 Å². The molecule has 0 aliphatic carbocycles. The van der Waals surface area contributed by atoms with Gasteiger partial charge in [-0.05, 0) is 25.8 Å². The Labute approximate surface area is 103 Å². The fraction of sp³-hybridized carbons (Fsp3) is 0.500. The van der Waals surface area contributed by atoms with E-state index in [1.165, 1.54) is 5.56 Å². The molecule has 0 saturated carbocycles. The number of hydrogen-bond donors (Lipinski definition) is 1. The van der Waals surface area contributed by atoms with E-state index in [1.807, 2.05) is 36.9 Å². The minimum Gasteiger partial charge on any atom is -0.396 e. The molecule has 0 unspecified atom stereocenters. The molecule has 1 N–H and O–H groups in total. The summed E-state index contributed by atoms with van der Waals surface area (Å²) in [5, 5.41) is 8.73. The van der Waals surface area contributed by atoms with Crippen molar-refractivity contribution in [1.82, 2.24) is 4.90 Å². The normalized spacial score (nSPS) is 10.3. The highest BCUT2D eigenvalue weighted by Gasteiger charge is 2.11. The van der Waals surface area contributed by atoms with Gasteiger partial charge in [0.05, 0.1) is 0 Å². The molecule has 0 radical (unpaired) electrons. The summed E-state index contributed by atoms with van der Waals surface area (Å²) in [6.45, 7) is 5.47. The molecule has 1 amide bonds. The molecule has 0 aromatic heterocycles. The summed E-state index contributed by atoms with van der Waals surface area (Å²) in [4.78, 5) is 13.7. The van der Waals surface area contributed by atoms with E-state index in [-0.39, 0.29) is 12.5 Å². The van der Waals surface area contributed by atoms with E-state index >= 15 is 0 Å². The van der Waals surface area contributed by atoms with Gasteiger partial charge in [-0.1, -0.05) is 29.8 Å². The number of aliphatic hydroxyl groups is 1. The number of amides is 1. The number of carbonyl (C=O) groups is 1. The Morgan fingerprint density at radius 2 is 2.18 bits per heavy atom. The molecule has 0 aliphatic rings. The first kappa shape index (κ1) is 13.7. The van der Waals surface area contributed by atoms with Gasteiger partial charge in [0.25, 0.3) is 0 Å². The van der Waals surface area contributed by atoms with Crippen molar-refractivity contribution >= 4 is 5.91 Å². The Bertz CT molecular complexity index is 363. The lowest BCUT2D eigenvalue weighted by molar-refractivity contribution is -0.131. The second kappa shape index (κ2) is 7.07. The summed E-state index contributed by atoms with van der Waals surface area (Å²) in [5.74, 6) is 0.114. The van der Waals surface area contributed by atoms with Crippen molar-refractivity contribution < 1.29 is 9.90 Å². The van der Waals surface area contributed by atoms with Crippen LogP contribution in [0.4, 0.5) is 0 Å². The maximum absolute atomic E-state index is 11.8. The monoisotopic (exact) mass is 235 g/mol. The standard InChI is InChI=1S/C14H21NO2/c1-3-15(14(17)8-5-9-16)11-13-7-4-6-12(2)10-13/h4,6-7,10,16H,3,5,8-9,11H2,1-2H3. The van der Waals surface area contributed by atoms with Crippen molar-refractivity contribution in [3.05, 3.63) is 35.4 Å². The number of hydrogen-bond acceptors (Lipinski definition) is 2. The van der Waals surface area contributed by atoms with Crippen LogP contribution in [0.2, 0.25) is 0 Å². The molecule has 94 valence electrons. The number of aliphatic hydroxyl groups excluding tert-OH is 1. The third-order valence-corrected chi connectivity index (χ3v) is 2.74. The average Bonchev–Trinajstić information content (AvgIpc) is 2.33. The summed E-state index contributed by atoms with van der Waals surface area (Å²) in [6.07, 6.45) is 0.972. The molecule has 0 aliphatic heterocycles. The molecule has 0 bridgehead atoms. The summed E-state index contributed by atoms with van der Waals surface area (Å²) in [5.41, 5.74) is 2.37. The van der Waals surface area contributed by atoms with E-state index in [0.29, 0.717) is 25.9 Å². The number of rotatable bonds is 6. The number of benzene rings is 1. The molecule has 0 spiro atoms. The summed E-state index contributed by atoms with van der Waals surface area (Å²) >= 11 is 0. The van der Waals surface area contributed by atoms with Gasteiger partial charge in [0.15, 0.2) is 0 Å². The first-order valence-corrected chi connectivity index (χ1v) is 6.11. The minimum atomic E-state index is 0.0771. The molecule has 0 saturated heterocycles. The van der Waals surface area contributed by atoms with Crippen LogP contribution in [0.3, 0.4) is 0 Å². The second-order valence-electron chi connectivity index (χ2n) is 4.22. The number of aryl methyl sites for hydroxylation is 1. The van der Waals surface area contributed by atoms with E-state index in [2.05, 4.69) is 6.07 Å². The van der Waals surface area contributed by atoms with Gasteiger partial charge in [-0.25, -0.2) is 0 Å². The van der Waals surface area contributed by atoms with Gasteiger partial charge >= 0.3 is 0 Å². The largest absolute Gasteiger partial charge is 0.396 e. The molecule has 1 rings (SSSR count). The van der Waals surface area contributed by atoms with Crippen molar-refractivity contribution in [2.24, 2.45) is 0 Å². The third kappa shape index (κ3) is 4.57. The quantitative estimate of drug-likeness (QED) is 0.820. The van der Waals surface area contributed by atoms with Gasteiger partial charge in [0, 0.05) is 26.1 Å². The van der Waals surface area contributed by atoms with E-state index in [4.69, 9.17) is 5.11 Å². The Balaban J connectivity index is 2.60. The van der Waals surface area contributed by atoms with Crippen LogP contribution in [0, 0.1) is 6.92 Å². The molecule has 1 aromatic carbocycles. The van der Waals surface area contributed by atoms with Crippen LogP contribution in [0.25, 0.3) is 0 Å². The highest BCUT2D eigenvalue weighted by molar-refractivity contribution is 5.76. The molecular weight excluding hydrogens is 214 g/mol. The van der Waals surface area contributed by atoms with E-state index < -0.39 is 0 Å². The lowest BCUT2D eigenvalue weighted by atomic mass is 10.1. The van der Waals surface area contributed by atoms with Crippen LogP contribution >= 0.6 is 0 Å². The molecule has 3 nitrogen and oxygen atoms in total. The van der Waals surface area contributed by atoms with Crippen LogP contribution in [0.5, 0.6) is 0 Å². The first-order valence-electron chi connectivity index (χ1n) is 6.11. The molecule has 17 heavy (non-hydrogen) atoms. The third-order valence-electron chi connectivity index (χ3n) is 2.74. The van der Waals surface area contributed by atoms with E-state index in [9.17, 15) is 4.79 Å². The Morgan fingerprint density at radius 1 is 1.41 bits per heavy atom. The van der Waals surface area contributed by atoms with Crippen LogP contribution in [-0.2, 0) is 11.3 Å². The predicted molar refractivity (Wildman–Crippen MR) is 68.6 cm³/mol. The zero-order valence-electron chi connectivity index (χ0n) is 10.6. The molecule has 0 heterocycles. The van der Waals surface area contributed by atoms with Gasteiger partial charge in [0.1, 0.15) is 0 Å². The van der Waals surface area contributed by atoms with Crippen molar-refractivity contribution in [2.45, 2.75) is 33.2 Å². The van der Waals surface area contributed by atoms with E-state index in [1.54, 1.807) is 0 Å². The Hall–Kier alpha value is -1.35. The summed E-state index contributed by atoms with van der Waals surface area (Å²) in [7, 11) is 0. The number of carbonyl (C=O) groups excluding carboxylic acids is 1. The lowest BCUT2D eigenvalue weighted by Gasteiger charge is -2.21. The molecule has 0 atom stereocenters. The average molecular weight is 235 g/mol. The van der Waals surface area contributed by atoms with Gasteiger partial charge in [-0.3, -0.25) is 4.79 Å². The van der Waals surface area contributed by atoms with Gasteiger partial charge in [-0.15, -0.1) is 0 Å². The van der Waals surface area contributed by atoms with Crippen molar-refractivity contribution in [1.29, 1.82) is 0 Å². The van der Waals surface area contributed by atoms with Gasteiger partial charge in [-0.2, -0.15) is 0 Å². The molecule has 3 heteroatoms. The van der Waals surface area contributed by atoms with Crippen LogP contribution in [0.15, 0.2) is 24.3 Å². The zero-order chi connectivity index (χ0) is 12.7. The summed E-state index contributed by atoms with van der Waals surface area (Å²) < 4.78 is 0. The maximum Gasteiger partial charge on any atom is 0.222 e. The van der Waals surface area contributed by atoms with Crippen molar-refractivity contribution in [3.8, 4) is 0 Å². The second-order valence-corrected chi connectivity index (χ2v) is 4.22. The number of nitrogens with zero attached hydrogens (tertiary/aromatic N) is 1. The van der Waals surface area contributed by atoms with Gasteiger partial charge < -0.3 is 10.0 Å². The maximum atomic E-state index is 11.8. The fourth-order valence-electron chi connectivity index (χ4n) is 1.80. The smallest absolute Gasteiger partial charge is 0.222 e. The van der Waals surface area contributed by atoms with Gasteiger partial charge in [0.2, 0.25) is 5.91 Å². The SMILES string of the molecule is CCN(Cc1cccc(C)c1)C(=O)CCCO. The van der Waals surface area contributed by atoms with Crippen LogP contribution in [-0.4, -0.2) is 29.1 Å². The van der Waals surface area contributed by atoms with Crippen molar-refractivity contribution in [3.63, 3.8) is 0 Å². The van der Waals surface area contributed by atoms with Crippen molar-refractivity contribution in [2.75, 3.05) is 13.2 Å².